The molecule has 16 heavy (non-hydrogen) atoms. The first-order chi connectivity index (χ1) is 7.59. The lowest BCUT2D eigenvalue weighted by Gasteiger charge is -2.09. The van der Waals surface area contributed by atoms with Crippen molar-refractivity contribution >= 4 is 37.7 Å². The smallest absolute Gasteiger partial charge is 0.140 e. The molecule has 1 heterocycles. The summed E-state index contributed by atoms with van der Waals surface area (Å²) in [7, 11) is 0. The van der Waals surface area contributed by atoms with Crippen molar-refractivity contribution in [3.63, 3.8) is 0 Å². The average Bonchev–Trinajstić information content (AvgIpc) is 2.20. The van der Waals surface area contributed by atoms with Crippen molar-refractivity contribution in [2.45, 2.75) is 13.8 Å². The van der Waals surface area contributed by atoms with Gasteiger partial charge in [0.1, 0.15) is 5.82 Å². The van der Waals surface area contributed by atoms with Crippen LogP contribution in [0.15, 0.2) is 21.2 Å². The molecule has 1 aromatic rings. The zero-order valence-corrected chi connectivity index (χ0v) is 12.6. The minimum Gasteiger partial charge on any atom is -0.379 e. The van der Waals surface area contributed by atoms with Gasteiger partial charge in [-0.3, -0.25) is 0 Å². The monoisotopic (exact) mass is 350 g/mol. The van der Waals surface area contributed by atoms with E-state index in [2.05, 4.69) is 56.0 Å². The van der Waals surface area contributed by atoms with E-state index >= 15 is 0 Å². The van der Waals surface area contributed by atoms with Crippen LogP contribution < -0.4 is 5.32 Å². The molecule has 0 aliphatic carbocycles. The van der Waals surface area contributed by atoms with Gasteiger partial charge in [-0.2, -0.15) is 0 Å². The number of halogens is 2. The Hall–Kier alpha value is -0.130. The Balaban J connectivity index is 2.27. The summed E-state index contributed by atoms with van der Waals surface area (Å²) in [5.41, 5.74) is 0. The van der Waals surface area contributed by atoms with Crippen LogP contribution in [-0.2, 0) is 4.74 Å². The molecule has 1 N–H and O–H groups in total. The lowest BCUT2D eigenvalue weighted by molar-refractivity contribution is 0.118. The molecule has 0 bridgehead atoms. The summed E-state index contributed by atoms with van der Waals surface area (Å²) < 4.78 is 7.37. The highest BCUT2D eigenvalue weighted by atomic mass is 79.9. The van der Waals surface area contributed by atoms with Crippen molar-refractivity contribution in [3.05, 3.63) is 21.2 Å². The van der Waals surface area contributed by atoms with Crippen LogP contribution in [0.25, 0.3) is 0 Å². The molecular formula is C11H16Br2N2O. The van der Waals surface area contributed by atoms with Crippen molar-refractivity contribution in [2.75, 3.05) is 25.1 Å². The molecule has 5 heteroatoms. The molecule has 0 amide bonds. The second-order valence-electron chi connectivity index (χ2n) is 3.88. The SMILES string of the molecule is CC(C)COCCNc1ncc(Br)cc1Br. The largest absolute Gasteiger partial charge is 0.379 e. The zero-order chi connectivity index (χ0) is 12.0. The minimum absolute atomic E-state index is 0.581. The van der Waals surface area contributed by atoms with Crippen molar-refractivity contribution in [1.82, 2.24) is 4.98 Å². The molecule has 1 aromatic heterocycles. The zero-order valence-electron chi connectivity index (χ0n) is 9.46. The lowest BCUT2D eigenvalue weighted by atomic mass is 10.2. The first-order valence-electron chi connectivity index (χ1n) is 5.22. The second-order valence-corrected chi connectivity index (χ2v) is 5.65. The number of ether oxygens (including phenoxy) is 1. The predicted octanol–water partition coefficient (Wildman–Crippen LogP) is 3.69. The van der Waals surface area contributed by atoms with Crippen LogP contribution >= 0.6 is 31.9 Å². The fourth-order valence-corrected chi connectivity index (χ4v) is 2.23. The van der Waals surface area contributed by atoms with E-state index in [1.807, 2.05) is 6.07 Å². The van der Waals surface area contributed by atoms with E-state index in [9.17, 15) is 0 Å². The number of pyridine rings is 1. The first kappa shape index (κ1) is 13.9. The van der Waals surface area contributed by atoms with Gasteiger partial charge >= 0.3 is 0 Å². The topological polar surface area (TPSA) is 34.1 Å². The molecule has 0 saturated carbocycles. The minimum atomic E-state index is 0.581. The van der Waals surface area contributed by atoms with E-state index in [-0.39, 0.29) is 0 Å². The maximum atomic E-state index is 5.47. The van der Waals surface area contributed by atoms with Gasteiger partial charge in [-0.25, -0.2) is 4.98 Å². The third-order valence-corrected chi connectivity index (χ3v) is 2.84. The fraction of sp³-hybridized carbons (Fsp3) is 0.545. The number of nitrogens with zero attached hydrogens (tertiary/aromatic N) is 1. The maximum Gasteiger partial charge on any atom is 0.140 e. The number of rotatable bonds is 6. The number of anilines is 1. The van der Waals surface area contributed by atoms with Gasteiger partial charge in [0.05, 0.1) is 11.1 Å². The Morgan fingerprint density at radius 3 is 2.81 bits per heavy atom. The first-order valence-corrected chi connectivity index (χ1v) is 6.81. The third-order valence-electron chi connectivity index (χ3n) is 1.80. The van der Waals surface area contributed by atoms with Crippen LogP contribution in [0.4, 0.5) is 5.82 Å². The van der Waals surface area contributed by atoms with Crippen LogP contribution in [0.5, 0.6) is 0 Å². The maximum absolute atomic E-state index is 5.47. The molecule has 0 aromatic carbocycles. The molecule has 3 nitrogen and oxygen atoms in total. The summed E-state index contributed by atoms with van der Waals surface area (Å²) >= 11 is 6.80. The van der Waals surface area contributed by atoms with Gasteiger partial charge in [0.25, 0.3) is 0 Å². The molecule has 0 saturated heterocycles. The van der Waals surface area contributed by atoms with Crippen molar-refractivity contribution in [2.24, 2.45) is 5.92 Å². The van der Waals surface area contributed by atoms with Gasteiger partial charge in [-0.1, -0.05) is 13.8 Å². The summed E-state index contributed by atoms with van der Waals surface area (Å²) in [5, 5.41) is 3.21. The highest BCUT2D eigenvalue weighted by molar-refractivity contribution is 9.11. The van der Waals surface area contributed by atoms with Gasteiger partial charge < -0.3 is 10.1 Å². The normalized spacial score (nSPS) is 10.8. The van der Waals surface area contributed by atoms with E-state index in [1.165, 1.54) is 0 Å². The van der Waals surface area contributed by atoms with Gasteiger partial charge in [0.15, 0.2) is 0 Å². The van der Waals surface area contributed by atoms with E-state index in [4.69, 9.17) is 4.74 Å². The molecule has 0 aliphatic heterocycles. The Kier molecular flexibility index (Phi) is 6.31. The van der Waals surface area contributed by atoms with Crippen molar-refractivity contribution in [3.8, 4) is 0 Å². The number of hydrogen-bond donors (Lipinski definition) is 1. The predicted molar refractivity (Wildman–Crippen MR) is 73.8 cm³/mol. The van der Waals surface area contributed by atoms with Crippen LogP contribution in [0, 0.1) is 5.92 Å². The second kappa shape index (κ2) is 7.25. The van der Waals surface area contributed by atoms with Crippen LogP contribution in [0.3, 0.4) is 0 Å². The Morgan fingerprint density at radius 1 is 1.44 bits per heavy atom. The lowest BCUT2D eigenvalue weighted by Crippen LogP contribution is -2.13. The highest BCUT2D eigenvalue weighted by Gasteiger charge is 2.01. The van der Waals surface area contributed by atoms with Gasteiger partial charge in [-0.05, 0) is 43.8 Å². The molecule has 0 spiro atoms. The fourth-order valence-electron chi connectivity index (χ4n) is 1.11. The molecule has 90 valence electrons. The third kappa shape index (κ3) is 5.27. The summed E-state index contributed by atoms with van der Waals surface area (Å²) in [6, 6.07) is 1.96. The summed E-state index contributed by atoms with van der Waals surface area (Å²) in [6.45, 7) is 6.54. The molecular weight excluding hydrogens is 336 g/mol. The molecule has 0 atom stereocenters. The highest BCUT2D eigenvalue weighted by Crippen LogP contribution is 2.22. The molecule has 0 aliphatic rings. The molecule has 1 rings (SSSR count). The van der Waals surface area contributed by atoms with Gasteiger partial charge in [-0.15, -0.1) is 0 Å². The number of aromatic nitrogens is 1. The summed E-state index contributed by atoms with van der Waals surface area (Å²) in [4.78, 5) is 4.25. The quantitative estimate of drug-likeness (QED) is 0.793. The van der Waals surface area contributed by atoms with Gasteiger partial charge in [0, 0.05) is 23.8 Å². The summed E-state index contributed by atoms with van der Waals surface area (Å²) in [5.74, 6) is 1.42. The summed E-state index contributed by atoms with van der Waals surface area (Å²) in [6.07, 6.45) is 1.77. The van der Waals surface area contributed by atoms with Crippen molar-refractivity contribution in [1.29, 1.82) is 0 Å². The van der Waals surface area contributed by atoms with E-state index < -0.39 is 0 Å². The van der Waals surface area contributed by atoms with E-state index in [0.717, 1.165) is 27.9 Å². The van der Waals surface area contributed by atoms with E-state index in [1.54, 1.807) is 6.20 Å². The van der Waals surface area contributed by atoms with Crippen LogP contribution in [0.2, 0.25) is 0 Å². The Labute approximate surface area is 113 Å². The van der Waals surface area contributed by atoms with Crippen LogP contribution in [-0.4, -0.2) is 24.7 Å². The Bertz CT molecular complexity index is 332. The molecule has 0 fully saturated rings. The van der Waals surface area contributed by atoms with Crippen molar-refractivity contribution < 1.29 is 4.74 Å². The van der Waals surface area contributed by atoms with E-state index in [0.29, 0.717) is 12.5 Å². The Morgan fingerprint density at radius 2 is 2.19 bits per heavy atom. The van der Waals surface area contributed by atoms with Gasteiger partial charge in [0.2, 0.25) is 0 Å². The molecule has 0 radical (unpaired) electrons. The number of nitrogens with one attached hydrogen (secondary N) is 1. The number of hydrogen-bond acceptors (Lipinski definition) is 3. The average molecular weight is 352 g/mol. The van der Waals surface area contributed by atoms with Crippen LogP contribution in [0.1, 0.15) is 13.8 Å². The standard InChI is InChI=1S/C11H16Br2N2O/c1-8(2)7-16-4-3-14-11-10(13)5-9(12)6-15-11/h5-6,8H,3-4,7H2,1-2H3,(H,14,15). The molecule has 0 unspecified atom stereocenters.